The van der Waals surface area contributed by atoms with E-state index in [2.05, 4.69) is 42.8 Å². The smallest absolute Gasteiger partial charge is 0.0911 e. The Hall–Kier alpha value is -0.640. The fraction of sp³-hybridized carbons (Fsp3) is 0.579. The number of rotatable bonds is 10. The molecule has 0 amide bonds. The summed E-state index contributed by atoms with van der Waals surface area (Å²) in [6.07, 6.45) is 8.80. The summed E-state index contributed by atoms with van der Waals surface area (Å²) in [5.41, 5.74) is 0.510. The summed E-state index contributed by atoms with van der Waals surface area (Å²) in [5, 5.41) is 15.7. The quantitative estimate of drug-likeness (QED) is 0.472. The molecule has 22 heavy (non-hydrogen) atoms. The zero-order valence-corrected chi connectivity index (χ0v) is 15.4. The fourth-order valence-electron chi connectivity index (χ4n) is 3.00. The summed E-state index contributed by atoms with van der Waals surface area (Å²) in [6, 6.07) is 6.41. The van der Waals surface area contributed by atoms with Crippen molar-refractivity contribution in [3.8, 4) is 9.75 Å². The predicted octanol–water partition coefficient (Wildman–Crippen LogP) is 6.82. The van der Waals surface area contributed by atoms with Gasteiger partial charge in [-0.05, 0) is 35.7 Å². The van der Waals surface area contributed by atoms with Crippen LogP contribution in [0.2, 0.25) is 0 Å². The van der Waals surface area contributed by atoms with Gasteiger partial charge in [-0.1, -0.05) is 58.4 Å². The Morgan fingerprint density at radius 3 is 2.14 bits per heavy atom. The van der Waals surface area contributed by atoms with E-state index in [1.165, 1.54) is 35.4 Å². The lowest BCUT2D eigenvalue weighted by Gasteiger charge is -2.29. The van der Waals surface area contributed by atoms with E-state index in [-0.39, 0.29) is 0 Å². The Morgan fingerprint density at radius 1 is 0.909 bits per heavy atom. The minimum absolute atomic E-state index is 0.649. The van der Waals surface area contributed by atoms with E-state index in [4.69, 9.17) is 0 Å². The van der Waals surface area contributed by atoms with Crippen LogP contribution in [-0.2, 0) is 5.60 Å². The lowest BCUT2D eigenvalue weighted by molar-refractivity contribution is 0.0144. The summed E-state index contributed by atoms with van der Waals surface area (Å²) in [6.45, 7) is 4.44. The molecule has 2 rings (SSSR count). The van der Waals surface area contributed by atoms with Crippen molar-refractivity contribution in [1.82, 2.24) is 0 Å². The molecule has 1 nitrogen and oxygen atoms in total. The Bertz CT molecular complexity index is 517. The van der Waals surface area contributed by atoms with Crippen LogP contribution in [-0.4, -0.2) is 5.11 Å². The van der Waals surface area contributed by atoms with Gasteiger partial charge in [-0.25, -0.2) is 0 Å². The van der Waals surface area contributed by atoms with Gasteiger partial charge in [0.25, 0.3) is 0 Å². The van der Waals surface area contributed by atoms with Crippen molar-refractivity contribution in [1.29, 1.82) is 0 Å². The largest absolute Gasteiger partial charge is 0.385 e. The first kappa shape index (κ1) is 17.7. The van der Waals surface area contributed by atoms with Crippen LogP contribution in [0.15, 0.2) is 29.0 Å². The molecule has 122 valence electrons. The molecule has 0 radical (unpaired) electrons. The van der Waals surface area contributed by atoms with Crippen molar-refractivity contribution in [3.05, 3.63) is 34.5 Å². The van der Waals surface area contributed by atoms with E-state index in [1.807, 2.05) is 0 Å². The van der Waals surface area contributed by atoms with Crippen molar-refractivity contribution in [2.45, 2.75) is 70.8 Å². The summed E-state index contributed by atoms with van der Waals surface area (Å²) in [4.78, 5) is 2.56. The van der Waals surface area contributed by atoms with Gasteiger partial charge in [0.2, 0.25) is 0 Å². The average Bonchev–Trinajstić information content (AvgIpc) is 3.19. The molecule has 2 aromatic rings. The summed E-state index contributed by atoms with van der Waals surface area (Å²) in [5.74, 6) is 0. The first-order chi connectivity index (χ1) is 10.7. The highest BCUT2D eigenvalue weighted by molar-refractivity contribution is 7.20. The van der Waals surface area contributed by atoms with Crippen molar-refractivity contribution in [3.63, 3.8) is 0 Å². The highest BCUT2D eigenvalue weighted by Gasteiger charge is 2.31. The Balaban J connectivity index is 2.22. The molecular weight excluding hydrogens is 308 g/mol. The third-order valence-corrected chi connectivity index (χ3v) is 6.26. The van der Waals surface area contributed by atoms with Crippen LogP contribution in [0.5, 0.6) is 0 Å². The number of hydrogen-bond donors (Lipinski definition) is 1. The predicted molar refractivity (Wildman–Crippen MR) is 99.8 cm³/mol. The molecule has 0 atom stereocenters. The topological polar surface area (TPSA) is 20.2 Å². The van der Waals surface area contributed by atoms with Crippen LogP contribution in [0, 0.1) is 0 Å². The molecule has 1 N–H and O–H groups in total. The molecule has 3 heteroatoms. The maximum Gasteiger partial charge on any atom is 0.0911 e. The van der Waals surface area contributed by atoms with Gasteiger partial charge < -0.3 is 5.11 Å². The normalized spacial score (nSPS) is 12.0. The second-order valence-electron chi connectivity index (χ2n) is 6.09. The summed E-state index contributed by atoms with van der Waals surface area (Å²) in [7, 11) is 0. The van der Waals surface area contributed by atoms with Gasteiger partial charge in [-0.3, -0.25) is 0 Å². The maximum absolute atomic E-state index is 11.4. The van der Waals surface area contributed by atoms with E-state index in [0.717, 1.165) is 31.2 Å². The molecular formula is C19H28OS2. The van der Waals surface area contributed by atoms with E-state index in [0.29, 0.717) is 0 Å². The number of aliphatic hydroxyl groups is 1. The molecule has 2 aromatic heterocycles. The second kappa shape index (κ2) is 8.85. The SMILES string of the molecule is CCCCCC(O)(CCCCC)c1ccsc1-c1cccs1. The lowest BCUT2D eigenvalue weighted by atomic mass is 9.83. The first-order valence-electron chi connectivity index (χ1n) is 8.55. The maximum atomic E-state index is 11.4. The van der Waals surface area contributed by atoms with Gasteiger partial charge in [0.15, 0.2) is 0 Å². The van der Waals surface area contributed by atoms with Gasteiger partial charge >= 0.3 is 0 Å². The summed E-state index contributed by atoms with van der Waals surface area (Å²) >= 11 is 3.53. The highest BCUT2D eigenvalue weighted by atomic mass is 32.1. The van der Waals surface area contributed by atoms with Crippen LogP contribution in [0.4, 0.5) is 0 Å². The van der Waals surface area contributed by atoms with Gasteiger partial charge in [0, 0.05) is 10.4 Å². The van der Waals surface area contributed by atoms with Crippen LogP contribution in [0.3, 0.4) is 0 Å². The average molecular weight is 337 g/mol. The molecule has 0 spiro atoms. The van der Waals surface area contributed by atoms with Gasteiger partial charge in [-0.2, -0.15) is 0 Å². The zero-order valence-electron chi connectivity index (χ0n) is 13.8. The van der Waals surface area contributed by atoms with Crippen molar-refractivity contribution < 1.29 is 5.11 Å². The Kier molecular flexibility index (Phi) is 7.13. The van der Waals surface area contributed by atoms with Crippen molar-refractivity contribution in [2.75, 3.05) is 0 Å². The van der Waals surface area contributed by atoms with Crippen LogP contribution in [0.1, 0.15) is 70.8 Å². The van der Waals surface area contributed by atoms with E-state index >= 15 is 0 Å². The molecule has 0 saturated carbocycles. The Labute approximate surface area is 143 Å². The molecule has 0 aliphatic heterocycles. The number of unbranched alkanes of at least 4 members (excludes halogenated alkanes) is 4. The Morgan fingerprint density at radius 2 is 1.59 bits per heavy atom. The standard InChI is InChI=1S/C19H28OS2/c1-3-5-7-12-19(20,13-8-6-4-2)16-11-15-22-18(16)17-10-9-14-21-17/h9-11,14-15,20H,3-8,12-13H2,1-2H3. The fourth-order valence-corrected chi connectivity index (χ4v) is 4.88. The zero-order chi connectivity index (χ0) is 15.8. The molecule has 0 aromatic carbocycles. The number of hydrogen-bond acceptors (Lipinski definition) is 3. The van der Waals surface area contributed by atoms with Gasteiger partial charge in [-0.15, -0.1) is 22.7 Å². The highest BCUT2D eigenvalue weighted by Crippen LogP contribution is 2.43. The molecule has 2 heterocycles. The summed E-state index contributed by atoms with van der Waals surface area (Å²) < 4.78 is 0. The molecule has 0 fully saturated rings. The lowest BCUT2D eigenvalue weighted by Crippen LogP contribution is -2.25. The number of thiophene rings is 2. The molecule has 0 aliphatic carbocycles. The third-order valence-electron chi connectivity index (χ3n) is 4.30. The minimum Gasteiger partial charge on any atom is -0.385 e. The van der Waals surface area contributed by atoms with Crippen molar-refractivity contribution in [2.24, 2.45) is 0 Å². The van der Waals surface area contributed by atoms with E-state index in [9.17, 15) is 5.11 Å². The molecule has 0 unspecified atom stereocenters. The second-order valence-corrected chi connectivity index (χ2v) is 7.95. The monoisotopic (exact) mass is 336 g/mol. The van der Waals surface area contributed by atoms with Gasteiger partial charge in [0.1, 0.15) is 0 Å². The van der Waals surface area contributed by atoms with Crippen molar-refractivity contribution >= 4 is 22.7 Å². The van der Waals surface area contributed by atoms with Gasteiger partial charge in [0.05, 0.1) is 10.5 Å². The van der Waals surface area contributed by atoms with Crippen LogP contribution in [0.25, 0.3) is 9.75 Å². The molecule has 0 bridgehead atoms. The van der Waals surface area contributed by atoms with E-state index < -0.39 is 5.60 Å². The molecule has 0 saturated heterocycles. The van der Waals surface area contributed by atoms with Crippen LogP contribution < -0.4 is 0 Å². The molecule has 0 aliphatic rings. The minimum atomic E-state index is -0.649. The first-order valence-corrected chi connectivity index (χ1v) is 10.3. The third kappa shape index (κ3) is 4.43. The van der Waals surface area contributed by atoms with E-state index in [1.54, 1.807) is 22.7 Å². The van der Waals surface area contributed by atoms with Crippen LogP contribution >= 0.6 is 22.7 Å².